The average molecular weight is 356 g/mol. The molecule has 0 atom stereocenters. The number of aromatic nitrogens is 3. The van der Waals surface area contributed by atoms with Crippen molar-refractivity contribution in [2.45, 2.75) is 19.8 Å². The number of nitrogens with zero attached hydrogens (tertiary/aromatic N) is 4. The Morgan fingerprint density at radius 2 is 2.04 bits per heavy atom. The number of methoxy groups -OCH3 is 1. The van der Waals surface area contributed by atoms with E-state index >= 15 is 0 Å². The third-order valence-electron chi connectivity index (χ3n) is 4.18. The van der Waals surface area contributed by atoms with E-state index < -0.39 is 0 Å². The van der Waals surface area contributed by atoms with E-state index in [9.17, 15) is 4.79 Å². The number of hydrogen-bond donors (Lipinski definition) is 2. The molecule has 138 valence electrons. The van der Waals surface area contributed by atoms with Gasteiger partial charge in [-0.3, -0.25) is 4.79 Å². The van der Waals surface area contributed by atoms with Crippen molar-refractivity contribution in [1.82, 2.24) is 20.3 Å². The minimum atomic E-state index is -0.163. The molecule has 1 aliphatic rings. The number of rotatable bonds is 7. The first-order valence-corrected chi connectivity index (χ1v) is 8.78. The fourth-order valence-electron chi connectivity index (χ4n) is 2.88. The number of amides is 1. The molecule has 0 bridgehead atoms. The molecule has 1 fully saturated rings. The van der Waals surface area contributed by atoms with Crippen molar-refractivity contribution in [3.05, 3.63) is 35.8 Å². The molecule has 0 aliphatic carbocycles. The van der Waals surface area contributed by atoms with Crippen molar-refractivity contribution in [3.8, 4) is 5.88 Å². The predicted molar refractivity (Wildman–Crippen MR) is 99.8 cm³/mol. The van der Waals surface area contributed by atoms with Gasteiger partial charge in [-0.2, -0.15) is 0 Å². The van der Waals surface area contributed by atoms with Gasteiger partial charge < -0.3 is 20.3 Å². The number of anilines is 2. The minimum absolute atomic E-state index is 0.163. The number of nitrogens with one attached hydrogen (secondary N) is 2. The zero-order valence-electron chi connectivity index (χ0n) is 15.2. The summed E-state index contributed by atoms with van der Waals surface area (Å²) >= 11 is 0. The highest BCUT2D eigenvalue weighted by Gasteiger charge is 2.15. The topological polar surface area (TPSA) is 92.3 Å². The van der Waals surface area contributed by atoms with Crippen LogP contribution in [-0.4, -0.2) is 54.1 Å². The van der Waals surface area contributed by atoms with Crippen LogP contribution < -0.4 is 20.3 Å². The van der Waals surface area contributed by atoms with Crippen LogP contribution in [0, 0.1) is 6.92 Å². The lowest BCUT2D eigenvalue weighted by Gasteiger charge is -2.17. The second kappa shape index (κ2) is 8.46. The van der Waals surface area contributed by atoms with Crippen LogP contribution in [0.4, 0.5) is 11.6 Å². The van der Waals surface area contributed by atoms with Gasteiger partial charge in [0.2, 0.25) is 5.88 Å². The van der Waals surface area contributed by atoms with Gasteiger partial charge >= 0.3 is 0 Å². The summed E-state index contributed by atoms with van der Waals surface area (Å²) in [5, 5.41) is 6.12. The van der Waals surface area contributed by atoms with Crippen LogP contribution in [0.25, 0.3) is 0 Å². The van der Waals surface area contributed by atoms with Crippen LogP contribution in [-0.2, 0) is 0 Å². The van der Waals surface area contributed by atoms with Gasteiger partial charge in [0.05, 0.1) is 7.11 Å². The third kappa shape index (κ3) is 4.59. The summed E-state index contributed by atoms with van der Waals surface area (Å²) < 4.78 is 5.03. The van der Waals surface area contributed by atoms with Gasteiger partial charge in [0.15, 0.2) is 0 Å². The van der Waals surface area contributed by atoms with E-state index in [-0.39, 0.29) is 5.91 Å². The molecule has 0 saturated carbocycles. The Bertz CT molecular complexity index is 761. The van der Waals surface area contributed by atoms with E-state index in [1.807, 2.05) is 13.0 Å². The third-order valence-corrected chi connectivity index (χ3v) is 4.18. The zero-order valence-corrected chi connectivity index (χ0v) is 15.2. The smallest absolute Gasteiger partial charge is 0.251 e. The van der Waals surface area contributed by atoms with Crippen LogP contribution in [0.2, 0.25) is 0 Å². The molecule has 8 heteroatoms. The standard InChI is InChI=1S/C18H24N6O2/c1-13-22-15(12-16(23-13)24-9-3-4-10-24)19-7-8-21-18(25)14-5-6-20-17(11-14)26-2/h5-6,11-12H,3-4,7-10H2,1-2H3,(H,21,25)(H,19,22,23). The van der Waals surface area contributed by atoms with Crippen molar-refractivity contribution in [2.24, 2.45) is 0 Å². The van der Waals surface area contributed by atoms with E-state index in [1.54, 1.807) is 18.3 Å². The van der Waals surface area contributed by atoms with Crippen molar-refractivity contribution >= 4 is 17.5 Å². The van der Waals surface area contributed by atoms with Gasteiger partial charge in [0, 0.05) is 50.1 Å². The average Bonchev–Trinajstić information content (AvgIpc) is 3.19. The SMILES string of the molecule is COc1cc(C(=O)NCCNc2cc(N3CCCC3)nc(C)n2)ccn1. The second-order valence-electron chi connectivity index (χ2n) is 6.12. The van der Waals surface area contributed by atoms with Crippen LogP contribution in [0.1, 0.15) is 29.0 Å². The highest BCUT2D eigenvalue weighted by molar-refractivity contribution is 5.94. The summed E-state index contributed by atoms with van der Waals surface area (Å²) in [6.45, 7) is 5.03. The summed E-state index contributed by atoms with van der Waals surface area (Å²) in [6.07, 6.45) is 3.96. The highest BCUT2D eigenvalue weighted by Crippen LogP contribution is 2.20. The van der Waals surface area contributed by atoms with Crippen LogP contribution in [0.5, 0.6) is 5.88 Å². The van der Waals surface area contributed by atoms with Gasteiger partial charge in [-0.25, -0.2) is 15.0 Å². The second-order valence-corrected chi connectivity index (χ2v) is 6.12. The Balaban J connectivity index is 1.50. The van der Waals surface area contributed by atoms with Gasteiger partial charge in [0.25, 0.3) is 5.91 Å². The van der Waals surface area contributed by atoms with Gasteiger partial charge in [-0.05, 0) is 25.8 Å². The molecular formula is C18H24N6O2. The molecule has 8 nitrogen and oxygen atoms in total. The number of carbonyl (C=O) groups excluding carboxylic acids is 1. The molecule has 1 saturated heterocycles. The molecule has 3 rings (SSSR count). The highest BCUT2D eigenvalue weighted by atomic mass is 16.5. The Kier molecular flexibility index (Phi) is 5.83. The molecule has 26 heavy (non-hydrogen) atoms. The summed E-state index contributed by atoms with van der Waals surface area (Å²) in [4.78, 5) is 27.4. The monoisotopic (exact) mass is 356 g/mol. The molecule has 1 aliphatic heterocycles. The van der Waals surface area contributed by atoms with Crippen molar-refractivity contribution in [2.75, 3.05) is 43.5 Å². The van der Waals surface area contributed by atoms with Crippen molar-refractivity contribution in [1.29, 1.82) is 0 Å². The lowest BCUT2D eigenvalue weighted by molar-refractivity contribution is 0.0954. The normalized spacial score (nSPS) is 13.5. The zero-order chi connectivity index (χ0) is 18.4. The molecule has 1 amide bonds. The molecule has 3 heterocycles. The molecule has 0 unspecified atom stereocenters. The molecule has 2 N–H and O–H groups in total. The summed E-state index contributed by atoms with van der Waals surface area (Å²) in [5.41, 5.74) is 0.519. The fourth-order valence-corrected chi connectivity index (χ4v) is 2.88. The summed E-state index contributed by atoms with van der Waals surface area (Å²) in [5.74, 6) is 2.74. The first-order chi connectivity index (χ1) is 12.7. The molecule has 0 radical (unpaired) electrons. The van der Waals surface area contributed by atoms with Crippen LogP contribution >= 0.6 is 0 Å². The van der Waals surface area contributed by atoms with E-state index in [1.165, 1.54) is 20.0 Å². The van der Waals surface area contributed by atoms with Crippen LogP contribution in [0.15, 0.2) is 24.4 Å². The van der Waals surface area contributed by atoms with E-state index in [0.717, 1.165) is 30.5 Å². The Morgan fingerprint density at radius 3 is 2.81 bits per heavy atom. The first kappa shape index (κ1) is 17.9. The van der Waals surface area contributed by atoms with Crippen molar-refractivity contribution < 1.29 is 9.53 Å². The molecule has 2 aromatic heterocycles. The maximum absolute atomic E-state index is 12.2. The quantitative estimate of drug-likeness (QED) is 0.729. The number of ether oxygens (including phenoxy) is 1. The lowest BCUT2D eigenvalue weighted by atomic mass is 10.2. The Labute approximate surface area is 153 Å². The van der Waals surface area contributed by atoms with Gasteiger partial charge in [0.1, 0.15) is 17.5 Å². The maximum Gasteiger partial charge on any atom is 0.251 e. The lowest BCUT2D eigenvalue weighted by Crippen LogP contribution is -2.29. The molecular weight excluding hydrogens is 332 g/mol. The van der Waals surface area contributed by atoms with Crippen LogP contribution in [0.3, 0.4) is 0 Å². The molecule has 0 aromatic carbocycles. The minimum Gasteiger partial charge on any atom is -0.481 e. The maximum atomic E-state index is 12.2. The van der Waals surface area contributed by atoms with E-state index in [0.29, 0.717) is 24.5 Å². The first-order valence-electron chi connectivity index (χ1n) is 8.78. The van der Waals surface area contributed by atoms with E-state index in [4.69, 9.17) is 4.74 Å². The Hall–Kier alpha value is -2.90. The molecule has 0 spiro atoms. The Morgan fingerprint density at radius 1 is 1.23 bits per heavy atom. The number of aryl methyl sites for hydroxylation is 1. The largest absolute Gasteiger partial charge is 0.481 e. The predicted octanol–water partition coefficient (Wildman–Crippen LogP) is 1.63. The number of hydrogen-bond acceptors (Lipinski definition) is 7. The van der Waals surface area contributed by atoms with Gasteiger partial charge in [-0.15, -0.1) is 0 Å². The van der Waals surface area contributed by atoms with E-state index in [2.05, 4.69) is 30.5 Å². The number of carbonyl (C=O) groups is 1. The van der Waals surface area contributed by atoms with Crippen molar-refractivity contribution in [3.63, 3.8) is 0 Å². The fraction of sp³-hybridized carbons (Fsp3) is 0.444. The summed E-state index contributed by atoms with van der Waals surface area (Å²) in [7, 11) is 1.52. The molecule has 2 aromatic rings. The van der Waals surface area contributed by atoms with Gasteiger partial charge in [-0.1, -0.05) is 0 Å². The number of pyridine rings is 1. The summed E-state index contributed by atoms with van der Waals surface area (Å²) in [6, 6.07) is 5.23.